The molecule has 3 fully saturated rings. The Labute approximate surface area is 156 Å². The van der Waals surface area contributed by atoms with Crippen molar-refractivity contribution in [2.45, 2.75) is 90.1 Å². The quantitative estimate of drug-likeness (QED) is 0.474. The molecule has 1 heterocycles. The molecule has 2 unspecified atom stereocenters. The number of allylic oxidation sites excluding steroid dienone is 2. The Balaban J connectivity index is 1.35. The Morgan fingerprint density at radius 3 is 1.96 bits per heavy atom. The van der Waals surface area contributed by atoms with Gasteiger partial charge in [-0.25, -0.2) is 0 Å². The molecule has 1 saturated heterocycles. The third-order valence-electron chi connectivity index (χ3n) is 7.33. The molecule has 3 rings (SSSR count). The topological polar surface area (TPSA) is 9.23 Å². The van der Waals surface area contributed by atoms with Gasteiger partial charge < -0.3 is 4.74 Å². The van der Waals surface area contributed by atoms with Crippen LogP contribution in [0.1, 0.15) is 84.0 Å². The van der Waals surface area contributed by atoms with Crippen molar-refractivity contribution in [3.63, 3.8) is 0 Å². The summed E-state index contributed by atoms with van der Waals surface area (Å²) in [6.45, 7) is 7.26. The van der Waals surface area contributed by atoms with Crippen molar-refractivity contribution in [3.05, 3.63) is 24.8 Å². The van der Waals surface area contributed by atoms with Crippen molar-refractivity contribution in [2.75, 3.05) is 6.61 Å². The molecule has 25 heavy (non-hydrogen) atoms. The zero-order valence-corrected chi connectivity index (χ0v) is 16.5. The first-order chi connectivity index (χ1) is 12.3. The highest BCUT2D eigenvalue weighted by atomic mass is 16.5. The van der Waals surface area contributed by atoms with Crippen LogP contribution in [0.2, 0.25) is 0 Å². The highest BCUT2D eigenvalue weighted by Gasteiger charge is 2.29. The fraction of sp³-hybridized carbons (Fsp3) is 0.833. The molecule has 0 aromatic heterocycles. The maximum Gasteiger partial charge on any atom is 0.0756 e. The van der Waals surface area contributed by atoms with Gasteiger partial charge in [-0.05, 0) is 100 Å². The van der Waals surface area contributed by atoms with E-state index in [0.717, 1.165) is 36.2 Å². The molecule has 3 aliphatic rings. The molecule has 2 aliphatic carbocycles. The maximum atomic E-state index is 6.08. The molecule has 0 aromatic carbocycles. The van der Waals surface area contributed by atoms with E-state index in [1.165, 1.54) is 77.0 Å². The summed E-state index contributed by atoms with van der Waals surface area (Å²) in [5.74, 6) is 4.47. The first kappa shape index (κ1) is 19.2. The van der Waals surface area contributed by atoms with Gasteiger partial charge >= 0.3 is 0 Å². The lowest BCUT2D eigenvalue weighted by atomic mass is 9.69. The Morgan fingerprint density at radius 1 is 0.800 bits per heavy atom. The SMILES string of the molecule is C=CC1CCC(C2CCC(/C=C/C3CCC(CCC)CO3)CC2)CC1. The molecule has 1 heteroatoms. The first-order valence-corrected chi connectivity index (χ1v) is 11.2. The van der Waals surface area contributed by atoms with Gasteiger partial charge in [-0.1, -0.05) is 31.6 Å². The molecule has 0 N–H and O–H groups in total. The Kier molecular flexibility index (Phi) is 7.65. The van der Waals surface area contributed by atoms with Gasteiger partial charge in [0.2, 0.25) is 0 Å². The van der Waals surface area contributed by atoms with E-state index in [4.69, 9.17) is 4.74 Å². The van der Waals surface area contributed by atoms with Crippen molar-refractivity contribution >= 4 is 0 Å². The summed E-state index contributed by atoms with van der Waals surface area (Å²) in [6.07, 6.45) is 24.2. The van der Waals surface area contributed by atoms with E-state index in [1.54, 1.807) is 0 Å². The van der Waals surface area contributed by atoms with E-state index < -0.39 is 0 Å². The van der Waals surface area contributed by atoms with Gasteiger partial charge in [0.1, 0.15) is 0 Å². The van der Waals surface area contributed by atoms with Gasteiger partial charge in [0, 0.05) is 0 Å². The van der Waals surface area contributed by atoms with Crippen LogP contribution in [0.5, 0.6) is 0 Å². The molecular formula is C24H40O. The van der Waals surface area contributed by atoms with Crippen LogP contribution in [0.4, 0.5) is 0 Å². The molecule has 0 radical (unpaired) electrons. The number of hydrogen-bond acceptors (Lipinski definition) is 1. The van der Waals surface area contributed by atoms with E-state index in [2.05, 4.69) is 31.7 Å². The number of hydrogen-bond donors (Lipinski definition) is 0. The van der Waals surface area contributed by atoms with Gasteiger partial charge in [0.05, 0.1) is 12.7 Å². The predicted molar refractivity (Wildman–Crippen MR) is 108 cm³/mol. The van der Waals surface area contributed by atoms with Crippen LogP contribution in [-0.2, 0) is 4.74 Å². The van der Waals surface area contributed by atoms with Gasteiger partial charge in [-0.2, -0.15) is 0 Å². The standard InChI is InChI=1S/C24H40O/c1-3-5-21-11-17-24(25-18-21)16-10-20-8-14-23(15-9-20)22-12-6-19(4-2)7-13-22/h4,10,16,19-24H,2-3,5-9,11-15,17-18H2,1H3/b16-10+. The highest BCUT2D eigenvalue weighted by Crippen LogP contribution is 2.41. The van der Waals surface area contributed by atoms with Crippen molar-refractivity contribution < 1.29 is 4.74 Å². The molecule has 0 aromatic rings. The van der Waals surface area contributed by atoms with E-state index in [-0.39, 0.29) is 0 Å². The second kappa shape index (κ2) is 9.95. The summed E-state index contributed by atoms with van der Waals surface area (Å²) in [6, 6.07) is 0. The largest absolute Gasteiger partial charge is 0.374 e. The average Bonchev–Trinajstić information content (AvgIpc) is 2.68. The lowest BCUT2D eigenvalue weighted by Gasteiger charge is -2.37. The average molecular weight is 345 g/mol. The van der Waals surface area contributed by atoms with Crippen LogP contribution in [0.15, 0.2) is 24.8 Å². The third-order valence-corrected chi connectivity index (χ3v) is 7.33. The van der Waals surface area contributed by atoms with E-state index >= 15 is 0 Å². The number of rotatable bonds is 6. The monoisotopic (exact) mass is 344 g/mol. The van der Waals surface area contributed by atoms with Crippen molar-refractivity contribution in [1.82, 2.24) is 0 Å². The highest BCUT2D eigenvalue weighted by molar-refractivity contribution is 4.97. The van der Waals surface area contributed by atoms with Gasteiger partial charge in [-0.3, -0.25) is 0 Å². The summed E-state index contributed by atoms with van der Waals surface area (Å²) in [5.41, 5.74) is 0. The first-order valence-electron chi connectivity index (χ1n) is 11.2. The third kappa shape index (κ3) is 5.71. The molecule has 0 bridgehead atoms. The minimum absolute atomic E-state index is 0.403. The molecule has 142 valence electrons. The molecular weight excluding hydrogens is 304 g/mol. The summed E-state index contributed by atoms with van der Waals surface area (Å²) in [5, 5.41) is 0. The van der Waals surface area contributed by atoms with Crippen LogP contribution in [0.3, 0.4) is 0 Å². The molecule has 2 saturated carbocycles. The Hall–Kier alpha value is -0.560. The number of ether oxygens (including phenoxy) is 1. The summed E-state index contributed by atoms with van der Waals surface area (Å²) < 4.78 is 6.08. The molecule has 2 atom stereocenters. The predicted octanol–water partition coefficient (Wildman–Crippen LogP) is 6.94. The lowest BCUT2D eigenvalue weighted by molar-refractivity contribution is 0.00801. The fourth-order valence-corrected chi connectivity index (χ4v) is 5.56. The molecule has 1 nitrogen and oxygen atoms in total. The Morgan fingerprint density at radius 2 is 1.44 bits per heavy atom. The van der Waals surface area contributed by atoms with Crippen LogP contribution in [0.25, 0.3) is 0 Å². The van der Waals surface area contributed by atoms with E-state index in [9.17, 15) is 0 Å². The molecule has 1 aliphatic heterocycles. The van der Waals surface area contributed by atoms with Gasteiger partial charge in [0.25, 0.3) is 0 Å². The van der Waals surface area contributed by atoms with Crippen molar-refractivity contribution in [2.24, 2.45) is 29.6 Å². The minimum atomic E-state index is 0.403. The lowest BCUT2D eigenvalue weighted by Crippen LogP contribution is -2.26. The minimum Gasteiger partial charge on any atom is -0.374 e. The van der Waals surface area contributed by atoms with E-state index in [1.807, 2.05) is 0 Å². The normalized spacial score (nSPS) is 40.2. The van der Waals surface area contributed by atoms with Gasteiger partial charge in [-0.15, -0.1) is 6.58 Å². The second-order valence-corrected chi connectivity index (χ2v) is 9.07. The smallest absolute Gasteiger partial charge is 0.0756 e. The second-order valence-electron chi connectivity index (χ2n) is 9.07. The summed E-state index contributed by atoms with van der Waals surface area (Å²) in [7, 11) is 0. The summed E-state index contributed by atoms with van der Waals surface area (Å²) >= 11 is 0. The van der Waals surface area contributed by atoms with E-state index in [0.29, 0.717) is 6.10 Å². The fourth-order valence-electron chi connectivity index (χ4n) is 5.56. The van der Waals surface area contributed by atoms with Crippen LogP contribution >= 0.6 is 0 Å². The Bertz CT molecular complexity index is 402. The zero-order valence-electron chi connectivity index (χ0n) is 16.5. The van der Waals surface area contributed by atoms with Crippen LogP contribution in [0, 0.1) is 29.6 Å². The van der Waals surface area contributed by atoms with Crippen molar-refractivity contribution in [3.8, 4) is 0 Å². The summed E-state index contributed by atoms with van der Waals surface area (Å²) in [4.78, 5) is 0. The van der Waals surface area contributed by atoms with Crippen molar-refractivity contribution in [1.29, 1.82) is 0 Å². The zero-order chi connectivity index (χ0) is 17.5. The molecule has 0 spiro atoms. The maximum absolute atomic E-state index is 6.08. The van der Waals surface area contributed by atoms with Crippen LogP contribution in [-0.4, -0.2) is 12.7 Å². The molecule has 0 amide bonds. The van der Waals surface area contributed by atoms with Gasteiger partial charge in [0.15, 0.2) is 0 Å². The van der Waals surface area contributed by atoms with Crippen LogP contribution < -0.4 is 0 Å².